The number of hydrogen-bond donors (Lipinski definition) is 2. The van der Waals surface area contributed by atoms with Crippen molar-refractivity contribution in [2.24, 2.45) is 0 Å². The Hall–Kier alpha value is -1.89. The Morgan fingerprint density at radius 3 is 2.32 bits per heavy atom. The van der Waals surface area contributed by atoms with Crippen molar-refractivity contribution in [1.82, 2.24) is 0 Å². The van der Waals surface area contributed by atoms with Gasteiger partial charge in [-0.2, -0.15) is 0 Å². The molecule has 0 spiro atoms. The molecule has 0 aliphatic heterocycles. The number of aryl methyl sites for hydroxylation is 1. The molecule has 5 nitrogen and oxygen atoms in total. The molecule has 0 heterocycles. The van der Waals surface area contributed by atoms with Crippen LogP contribution in [0.25, 0.3) is 0 Å². The van der Waals surface area contributed by atoms with E-state index in [9.17, 15) is 10.1 Å². The van der Waals surface area contributed by atoms with Crippen molar-refractivity contribution >= 4 is 57.6 Å². The van der Waals surface area contributed by atoms with Crippen LogP contribution in [0.4, 0.5) is 17.1 Å². The van der Waals surface area contributed by atoms with E-state index < -0.39 is 4.92 Å². The predicted molar refractivity (Wildman–Crippen MR) is 94.1 cm³/mol. The minimum Gasteiger partial charge on any atom is -0.332 e. The van der Waals surface area contributed by atoms with Crippen LogP contribution in [0.5, 0.6) is 0 Å². The Labute approximate surface area is 142 Å². The molecule has 0 saturated carbocycles. The Balaban J connectivity index is 2.10. The molecule has 2 N–H and O–H groups in total. The fourth-order valence-electron chi connectivity index (χ4n) is 1.81. The molecule has 0 saturated heterocycles. The van der Waals surface area contributed by atoms with Gasteiger partial charge in [0.2, 0.25) is 0 Å². The summed E-state index contributed by atoms with van der Waals surface area (Å²) >= 11 is 17.0. The van der Waals surface area contributed by atoms with Crippen molar-refractivity contribution < 1.29 is 4.92 Å². The van der Waals surface area contributed by atoms with Crippen LogP contribution in [0.1, 0.15) is 5.56 Å². The second kappa shape index (κ2) is 6.91. The SMILES string of the molecule is Cc1cc([N+](=O)[O-])ccc1NC(=S)Nc1cc(Cl)cc(Cl)c1. The molecule has 0 radical (unpaired) electrons. The highest BCUT2D eigenvalue weighted by molar-refractivity contribution is 7.80. The first-order chi connectivity index (χ1) is 10.3. The zero-order valence-corrected chi connectivity index (χ0v) is 13.7. The summed E-state index contributed by atoms with van der Waals surface area (Å²) in [6.45, 7) is 1.76. The van der Waals surface area contributed by atoms with E-state index in [-0.39, 0.29) is 5.69 Å². The van der Waals surface area contributed by atoms with E-state index in [0.29, 0.717) is 32.1 Å². The number of thiocarbonyl (C=S) groups is 1. The predicted octanol–water partition coefficient (Wildman–Crippen LogP) is 5.02. The van der Waals surface area contributed by atoms with Crippen molar-refractivity contribution in [3.63, 3.8) is 0 Å². The fraction of sp³-hybridized carbons (Fsp3) is 0.0714. The first-order valence-corrected chi connectivity index (χ1v) is 7.31. The standard InChI is InChI=1S/C14H11Cl2N3O2S/c1-8-4-12(19(20)21)2-3-13(8)18-14(22)17-11-6-9(15)5-10(16)7-11/h2-7H,1H3,(H2,17,18,22). The highest BCUT2D eigenvalue weighted by Gasteiger charge is 2.09. The normalized spacial score (nSPS) is 10.1. The molecule has 0 aliphatic rings. The van der Waals surface area contributed by atoms with Gasteiger partial charge in [-0.05, 0) is 49.0 Å². The highest BCUT2D eigenvalue weighted by Crippen LogP contribution is 2.24. The molecule has 0 fully saturated rings. The Bertz CT molecular complexity index is 733. The quantitative estimate of drug-likeness (QED) is 0.459. The smallest absolute Gasteiger partial charge is 0.269 e. The number of nitrogens with one attached hydrogen (secondary N) is 2. The van der Waals surface area contributed by atoms with E-state index in [1.165, 1.54) is 12.1 Å². The van der Waals surface area contributed by atoms with Crippen molar-refractivity contribution in [1.29, 1.82) is 0 Å². The van der Waals surface area contributed by atoms with Crippen LogP contribution >= 0.6 is 35.4 Å². The maximum absolute atomic E-state index is 10.7. The number of nitro benzene ring substituents is 1. The largest absolute Gasteiger partial charge is 0.332 e. The minimum absolute atomic E-state index is 0.0311. The summed E-state index contributed by atoms with van der Waals surface area (Å²) in [5.41, 5.74) is 2.07. The highest BCUT2D eigenvalue weighted by atomic mass is 35.5. The molecule has 0 aliphatic carbocycles. The first-order valence-electron chi connectivity index (χ1n) is 6.14. The topological polar surface area (TPSA) is 67.2 Å². The van der Waals surface area contributed by atoms with Gasteiger partial charge < -0.3 is 10.6 Å². The lowest BCUT2D eigenvalue weighted by Crippen LogP contribution is -2.19. The van der Waals surface area contributed by atoms with Gasteiger partial charge in [-0.25, -0.2) is 0 Å². The molecule has 22 heavy (non-hydrogen) atoms. The molecule has 0 bridgehead atoms. The summed E-state index contributed by atoms with van der Waals surface area (Å²) in [4.78, 5) is 10.3. The van der Waals surface area contributed by atoms with E-state index >= 15 is 0 Å². The summed E-state index contributed by atoms with van der Waals surface area (Å²) in [6, 6.07) is 9.47. The summed E-state index contributed by atoms with van der Waals surface area (Å²) in [5, 5.41) is 18.0. The van der Waals surface area contributed by atoms with Crippen LogP contribution < -0.4 is 10.6 Å². The molecule has 8 heteroatoms. The minimum atomic E-state index is -0.443. The lowest BCUT2D eigenvalue weighted by Gasteiger charge is -2.13. The summed E-state index contributed by atoms with van der Waals surface area (Å²) in [7, 11) is 0. The Morgan fingerprint density at radius 1 is 1.14 bits per heavy atom. The molecular formula is C14H11Cl2N3O2S. The zero-order chi connectivity index (χ0) is 16.3. The number of rotatable bonds is 3. The van der Waals surface area contributed by atoms with Gasteiger partial charge in [0, 0.05) is 33.6 Å². The van der Waals surface area contributed by atoms with Crippen molar-refractivity contribution in [3.05, 3.63) is 62.1 Å². The number of non-ortho nitro benzene ring substituents is 1. The second-order valence-corrected chi connectivity index (χ2v) is 5.77. The van der Waals surface area contributed by atoms with Gasteiger partial charge in [-0.15, -0.1) is 0 Å². The molecule has 2 rings (SSSR count). The third kappa shape index (κ3) is 4.30. The molecule has 0 atom stereocenters. The van der Waals surface area contributed by atoms with Crippen molar-refractivity contribution in [2.75, 3.05) is 10.6 Å². The lowest BCUT2D eigenvalue weighted by atomic mass is 10.2. The monoisotopic (exact) mass is 355 g/mol. The van der Waals surface area contributed by atoms with Gasteiger partial charge in [0.25, 0.3) is 5.69 Å². The third-order valence-corrected chi connectivity index (χ3v) is 3.43. The summed E-state index contributed by atoms with van der Waals surface area (Å²) < 4.78 is 0. The number of nitrogens with zero attached hydrogens (tertiary/aromatic N) is 1. The molecule has 2 aromatic rings. The first kappa shape index (κ1) is 16.5. The van der Waals surface area contributed by atoms with E-state index in [1.807, 2.05) is 0 Å². The number of hydrogen-bond acceptors (Lipinski definition) is 3. The van der Waals surface area contributed by atoms with Crippen LogP contribution in [0, 0.1) is 17.0 Å². The molecule has 0 aromatic heterocycles. The number of benzene rings is 2. The van der Waals surface area contributed by atoms with Gasteiger partial charge in [0.1, 0.15) is 0 Å². The van der Waals surface area contributed by atoms with Crippen LogP contribution in [0.15, 0.2) is 36.4 Å². The zero-order valence-electron chi connectivity index (χ0n) is 11.4. The average Bonchev–Trinajstić information content (AvgIpc) is 2.39. The van der Waals surface area contributed by atoms with E-state index in [0.717, 1.165) is 0 Å². The molecule has 0 unspecified atom stereocenters. The molecular weight excluding hydrogens is 345 g/mol. The van der Waals surface area contributed by atoms with Gasteiger partial charge in [-0.3, -0.25) is 10.1 Å². The number of halogens is 2. The number of anilines is 2. The van der Waals surface area contributed by atoms with E-state index in [4.69, 9.17) is 35.4 Å². The van der Waals surface area contributed by atoms with Crippen LogP contribution in [-0.4, -0.2) is 10.0 Å². The van der Waals surface area contributed by atoms with Crippen molar-refractivity contribution in [2.45, 2.75) is 6.92 Å². The van der Waals surface area contributed by atoms with Crippen LogP contribution in [0.2, 0.25) is 10.0 Å². The van der Waals surface area contributed by atoms with Gasteiger partial charge >= 0.3 is 0 Å². The van der Waals surface area contributed by atoms with Crippen LogP contribution in [0.3, 0.4) is 0 Å². The van der Waals surface area contributed by atoms with Crippen LogP contribution in [-0.2, 0) is 0 Å². The molecule has 0 amide bonds. The maximum atomic E-state index is 10.7. The van der Waals surface area contributed by atoms with Gasteiger partial charge in [-0.1, -0.05) is 23.2 Å². The number of nitro groups is 1. The summed E-state index contributed by atoms with van der Waals surface area (Å²) in [6.07, 6.45) is 0. The van der Waals surface area contributed by atoms with Gasteiger partial charge in [0.05, 0.1) is 4.92 Å². The second-order valence-electron chi connectivity index (χ2n) is 4.49. The molecule has 114 valence electrons. The Morgan fingerprint density at radius 2 is 1.77 bits per heavy atom. The van der Waals surface area contributed by atoms with Gasteiger partial charge in [0.15, 0.2) is 5.11 Å². The van der Waals surface area contributed by atoms with E-state index in [1.54, 1.807) is 31.2 Å². The maximum Gasteiger partial charge on any atom is 0.269 e. The van der Waals surface area contributed by atoms with Crippen molar-refractivity contribution in [3.8, 4) is 0 Å². The average molecular weight is 356 g/mol. The van der Waals surface area contributed by atoms with E-state index in [2.05, 4.69) is 10.6 Å². The lowest BCUT2D eigenvalue weighted by molar-refractivity contribution is -0.384. The Kier molecular flexibility index (Phi) is 5.18. The molecule has 2 aromatic carbocycles. The summed E-state index contributed by atoms with van der Waals surface area (Å²) in [5.74, 6) is 0. The fourth-order valence-corrected chi connectivity index (χ4v) is 2.57. The third-order valence-electron chi connectivity index (χ3n) is 2.79.